The molecule has 2 aromatic heterocycles. The largest absolute Gasteiger partial charge is 0.494 e. The van der Waals surface area contributed by atoms with Gasteiger partial charge in [-0.3, -0.25) is 4.98 Å². The maximum atomic E-state index is 10.9. The summed E-state index contributed by atoms with van der Waals surface area (Å²) in [6.07, 6.45) is 6.37. The smallest absolute Gasteiger partial charge is 0.202 e. The quantitative estimate of drug-likeness (QED) is 0.659. The summed E-state index contributed by atoms with van der Waals surface area (Å²) in [6.45, 7) is 1.95. The van der Waals surface area contributed by atoms with E-state index in [-0.39, 0.29) is 23.6 Å². The number of aromatic nitrogens is 2. The van der Waals surface area contributed by atoms with Crippen molar-refractivity contribution in [2.45, 2.75) is 31.6 Å². The van der Waals surface area contributed by atoms with Crippen molar-refractivity contribution in [3.8, 4) is 17.4 Å². The van der Waals surface area contributed by atoms with Crippen molar-refractivity contribution in [1.82, 2.24) is 9.55 Å². The molecule has 0 saturated heterocycles. The van der Waals surface area contributed by atoms with Gasteiger partial charge in [0.15, 0.2) is 0 Å². The van der Waals surface area contributed by atoms with Crippen LogP contribution in [0.15, 0.2) is 42.5 Å². The van der Waals surface area contributed by atoms with Gasteiger partial charge in [-0.15, -0.1) is 0 Å². The third-order valence-electron chi connectivity index (χ3n) is 5.38. The van der Waals surface area contributed by atoms with Crippen LogP contribution in [0.3, 0.4) is 0 Å². The molecule has 0 saturated carbocycles. The maximum Gasteiger partial charge on any atom is 0.202 e. The Morgan fingerprint density at radius 1 is 0.958 bits per heavy atom. The molecule has 0 spiro atoms. The molecule has 3 aliphatic rings. The van der Waals surface area contributed by atoms with Gasteiger partial charge < -0.3 is 10.2 Å². The Morgan fingerprint density at radius 3 is 2.25 bits per heavy atom. The van der Waals surface area contributed by atoms with Crippen LogP contribution in [-0.2, 0) is 0 Å². The summed E-state index contributed by atoms with van der Waals surface area (Å²) in [5.74, 6) is 0.693. The number of fused-ring (bicyclic) bond motifs is 2. The first-order chi connectivity index (χ1) is 11.6. The first-order valence-electron chi connectivity index (χ1n) is 8.36. The number of pyridine rings is 1. The number of benzene rings is 1. The minimum Gasteiger partial charge on any atom is -0.494 e. The fourth-order valence-electron chi connectivity index (χ4n) is 4.25. The zero-order chi connectivity index (χ0) is 16.4. The first kappa shape index (κ1) is 13.7. The lowest BCUT2D eigenvalue weighted by molar-refractivity contribution is 0.399. The molecule has 6 rings (SSSR count). The van der Waals surface area contributed by atoms with E-state index in [0.29, 0.717) is 0 Å². The van der Waals surface area contributed by atoms with Crippen molar-refractivity contribution >= 4 is 10.9 Å². The molecule has 0 fully saturated rings. The highest BCUT2D eigenvalue weighted by Crippen LogP contribution is 2.54. The number of aromatic hydroxyl groups is 2. The average Bonchev–Trinajstić information content (AvgIpc) is 2.89. The Morgan fingerprint density at radius 2 is 1.62 bits per heavy atom. The van der Waals surface area contributed by atoms with E-state index in [1.165, 1.54) is 0 Å². The van der Waals surface area contributed by atoms with Crippen molar-refractivity contribution in [3.05, 3.63) is 59.3 Å². The Kier molecular flexibility index (Phi) is 2.64. The fourth-order valence-corrected chi connectivity index (χ4v) is 4.25. The normalized spacial score (nSPS) is 21.4. The molecule has 0 unspecified atom stereocenters. The third kappa shape index (κ3) is 1.65. The van der Waals surface area contributed by atoms with E-state index in [4.69, 9.17) is 0 Å². The lowest BCUT2D eigenvalue weighted by Crippen LogP contribution is -2.15. The van der Waals surface area contributed by atoms with Crippen LogP contribution in [0.1, 0.15) is 41.5 Å². The molecule has 1 aromatic carbocycles. The summed E-state index contributed by atoms with van der Waals surface area (Å²) in [4.78, 5) is 4.64. The van der Waals surface area contributed by atoms with Crippen LogP contribution in [0.2, 0.25) is 0 Å². The van der Waals surface area contributed by atoms with Crippen molar-refractivity contribution in [2.75, 3.05) is 0 Å². The molecule has 0 aliphatic heterocycles. The van der Waals surface area contributed by atoms with Gasteiger partial charge in [0.25, 0.3) is 0 Å². The van der Waals surface area contributed by atoms with Crippen LogP contribution < -0.4 is 0 Å². The monoisotopic (exact) mass is 318 g/mol. The topological polar surface area (TPSA) is 58.3 Å². The van der Waals surface area contributed by atoms with Crippen LogP contribution in [0.4, 0.5) is 0 Å². The number of nitrogens with zero attached hydrogens (tertiary/aromatic N) is 2. The highest BCUT2D eigenvalue weighted by atomic mass is 16.3. The maximum absolute atomic E-state index is 10.9. The molecule has 4 nitrogen and oxygen atoms in total. The second kappa shape index (κ2) is 4.63. The molecule has 0 amide bonds. The standard InChI is InChI=1S/C20H18N2O2/c1-11-5-6-14-3-2-4-15(18(14)21-11)22-19(23)16-12-7-8-13(10-9-12)17(16)20(22)24/h2-8,12-13,23-24H,9-10H2,1H3/t12-,13+. The van der Waals surface area contributed by atoms with Crippen molar-refractivity contribution in [2.24, 2.45) is 0 Å². The van der Waals surface area contributed by atoms with E-state index in [9.17, 15) is 10.2 Å². The van der Waals surface area contributed by atoms with E-state index in [0.717, 1.165) is 46.3 Å². The summed E-state index contributed by atoms with van der Waals surface area (Å²) in [5, 5.41) is 22.8. The molecule has 2 N–H and O–H groups in total. The zero-order valence-electron chi connectivity index (χ0n) is 13.4. The van der Waals surface area contributed by atoms with E-state index in [1.807, 2.05) is 37.3 Å². The first-order valence-corrected chi connectivity index (χ1v) is 8.36. The fraction of sp³-hybridized carbons (Fsp3) is 0.250. The van der Waals surface area contributed by atoms with Crippen LogP contribution in [-0.4, -0.2) is 19.8 Å². The van der Waals surface area contributed by atoms with Gasteiger partial charge in [-0.25, -0.2) is 4.57 Å². The molecule has 4 heteroatoms. The minimum absolute atomic E-state index is 0.150. The van der Waals surface area contributed by atoms with E-state index in [2.05, 4.69) is 17.1 Å². The second-order valence-electron chi connectivity index (χ2n) is 6.79. The summed E-state index contributed by atoms with van der Waals surface area (Å²) < 4.78 is 1.57. The van der Waals surface area contributed by atoms with Crippen molar-refractivity contribution < 1.29 is 10.2 Å². The van der Waals surface area contributed by atoms with Crippen LogP contribution >= 0.6 is 0 Å². The Hall–Kier alpha value is -2.75. The predicted octanol–water partition coefficient (Wildman–Crippen LogP) is 4.28. The Balaban J connectivity index is 1.84. The number of aryl methyl sites for hydroxylation is 1. The minimum atomic E-state index is 0.150. The lowest BCUT2D eigenvalue weighted by atomic mass is 9.73. The van der Waals surface area contributed by atoms with Gasteiger partial charge in [0.2, 0.25) is 11.8 Å². The number of hydrogen-bond donors (Lipinski definition) is 2. The Labute approximate surface area is 139 Å². The van der Waals surface area contributed by atoms with E-state index in [1.54, 1.807) is 4.57 Å². The molecule has 3 aromatic rings. The zero-order valence-corrected chi connectivity index (χ0v) is 13.4. The van der Waals surface area contributed by atoms with Gasteiger partial charge in [0, 0.05) is 34.0 Å². The van der Waals surface area contributed by atoms with Crippen LogP contribution in [0, 0.1) is 6.92 Å². The van der Waals surface area contributed by atoms with Gasteiger partial charge in [-0.05, 0) is 31.9 Å². The molecular weight excluding hydrogens is 300 g/mol. The van der Waals surface area contributed by atoms with Crippen LogP contribution in [0.25, 0.3) is 16.6 Å². The second-order valence-corrected chi connectivity index (χ2v) is 6.79. The SMILES string of the molecule is Cc1ccc2cccc(-n3c(O)c4c(c3O)[C@H]3C=C[C@@H]4CC3)c2n1. The highest BCUT2D eigenvalue weighted by molar-refractivity contribution is 5.87. The molecule has 120 valence electrons. The number of allylic oxidation sites excluding steroid dienone is 2. The summed E-state index contributed by atoms with van der Waals surface area (Å²) in [5.41, 5.74) is 4.19. The molecule has 2 heterocycles. The number of para-hydroxylation sites is 1. The van der Waals surface area contributed by atoms with E-state index < -0.39 is 0 Å². The van der Waals surface area contributed by atoms with E-state index >= 15 is 0 Å². The van der Waals surface area contributed by atoms with Gasteiger partial charge in [0.05, 0.1) is 11.2 Å². The van der Waals surface area contributed by atoms with Crippen molar-refractivity contribution in [3.63, 3.8) is 0 Å². The average molecular weight is 318 g/mol. The van der Waals surface area contributed by atoms with Gasteiger partial charge in [-0.2, -0.15) is 0 Å². The van der Waals surface area contributed by atoms with Gasteiger partial charge >= 0.3 is 0 Å². The highest BCUT2D eigenvalue weighted by Gasteiger charge is 2.38. The molecule has 0 radical (unpaired) electrons. The van der Waals surface area contributed by atoms with Gasteiger partial charge in [0.1, 0.15) is 0 Å². The molecular formula is C20H18N2O2. The third-order valence-corrected chi connectivity index (χ3v) is 5.38. The van der Waals surface area contributed by atoms with Crippen LogP contribution in [0.5, 0.6) is 11.8 Å². The molecule has 2 atom stereocenters. The number of rotatable bonds is 1. The summed E-state index contributed by atoms with van der Waals surface area (Å²) >= 11 is 0. The lowest BCUT2D eigenvalue weighted by Gasteiger charge is -2.30. The molecule has 24 heavy (non-hydrogen) atoms. The molecule has 3 aliphatic carbocycles. The number of hydrogen-bond acceptors (Lipinski definition) is 3. The summed E-state index contributed by atoms with van der Waals surface area (Å²) in [6, 6.07) is 9.81. The molecule has 2 bridgehead atoms. The predicted molar refractivity (Wildman–Crippen MR) is 93.0 cm³/mol. The Bertz CT molecular complexity index is 979. The summed E-state index contributed by atoms with van der Waals surface area (Å²) in [7, 11) is 0. The van der Waals surface area contributed by atoms with Gasteiger partial charge in [-0.1, -0.05) is 30.4 Å². The van der Waals surface area contributed by atoms with Crippen molar-refractivity contribution in [1.29, 1.82) is 0 Å².